The molecule has 2 N–H and O–H groups in total. The molecule has 120 valence electrons. The molecule has 2 fully saturated rings. The third-order valence-electron chi connectivity index (χ3n) is 3.92. The van der Waals surface area contributed by atoms with E-state index in [0.29, 0.717) is 19.1 Å². The van der Waals surface area contributed by atoms with Gasteiger partial charge in [-0.25, -0.2) is 4.79 Å². The Morgan fingerprint density at radius 2 is 2.10 bits per heavy atom. The second-order valence-electron chi connectivity index (χ2n) is 5.93. The molecule has 1 aliphatic carbocycles. The molecular weight excluding hydrogens is 272 g/mol. The average molecular weight is 298 g/mol. The molecule has 1 saturated heterocycles. The Morgan fingerprint density at radius 3 is 2.71 bits per heavy atom. The van der Waals surface area contributed by atoms with Crippen LogP contribution in [0.3, 0.4) is 0 Å². The number of nitrogens with one attached hydrogen (secondary N) is 2. The lowest BCUT2D eigenvalue weighted by molar-refractivity contribution is -0.133. The SMILES string of the molecule is CNC(=O)NCC(=O)N(CC1CC1)C[C@@H]1CN(C)CCO1. The fourth-order valence-electron chi connectivity index (χ4n) is 2.47. The molecule has 2 aliphatic rings. The van der Waals surface area contributed by atoms with Crippen LogP contribution in [0, 0.1) is 5.92 Å². The van der Waals surface area contributed by atoms with Gasteiger partial charge in [0.25, 0.3) is 0 Å². The molecular formula is C14H26N4O3. The molecule has 0 unspecified atom stereocenters. The van der Waals surface area contributed by atoms with E-state index < -0.39 is 0 Å². The highest BCUT2D eigenvalue weighted by molar-refractivity contribution is 5.83. The summed E-state index contributed by atoms with van der Waals surface area (Å²) in [5.41, 5.74) is 0. The molecule has 2 rings (SSSR count). The van der Waals surface area contributed by atoms with Crippen LogP contribution in [0.5, 0.6) is 0 Å². The molecule has 0 aromatic carbocycles. The van der Waals surface area contributed by atoms with Gasteiger partial charge < -0.3 is 25.2 Å². The van der Waals surface area contributed by atoms with Crippen molar-refractivity contribution in [2.75, 3.05) is 53.4 Å². The van der Waals surface area contributed by atoms with E-state index in [9.17, 15) is 9.59 Å². The van der Waals surface area contributed by atoms with Crippen LogP contribution in [0.4, 0.5) is 4.79 Å². The van der Waals surface area contributed by atoms with Gasteiger partial charge in [-0.2, -0.15) is 0 Å². The van der Waals surface area contributed by atoms with Crippen molar-refractivity contribution in [3.05, 3.63) is 0 Å². The second kappa shape index (κ2) is 7.61. The van der Waals surface area contributed by atoms with Crippen molar-refractivity contribution in [1.29, 1.82) is 0 Å². The van der Waals surface area contributed by atoms with Gasteiger partial charge in [0.1, 0.15) is 0 Å². The van der Waals surface area contributed by atoms with Gasteiger partial charge in [0.15, 0.2) is 0 Å². The Balaban J connectivity index is 1.83. The number of rotatable bonds is 6. The Kier molecular flexibility index (Phi) is 5.81. The van der Waals surface area contributed by atoms with Crippen molar-refractivity contribution < 1.29 is 14.3 Å². The van der Waals surface area contributed by atoms with Crippen molar-refractivity contribution in [3.8, 4) is 0 Å². The fourth-order valence-corrected chi connectivity index (χ4v) is 2.47. The highest BCUT2D eigenvalue weighted by Gasteiger charge is 2.29. The number of carbonyl (C=O) groups excluding carboxylic acids is 2. The zero-order valence-electron chi connectivity index (χ0n) is 12.9. The van der Waals surface area contributed by atoms with Crippen molar-refractivity contribution in [3.63, 3.8) is 0 Å². The zero-order valence-corrected chi connectivity index (χ0v) is 12.9. The molecule has 0 bridgehead atoms. The van der Waals surface area contributed by atoms with E-state index in [1.54, 1.807) is 0 Å². The lowest BCUT2D eigenvalue weighted by Crippen LogP contribution is -2.50. The lowest BCUT2D eigenvalue weighted by Gasteiger charge is -2.34. The average Bonchev–Trinajstić information content (AvgIpc) is 3.27. The molecule has 0 aromatic rings. The first kappa shape index (κ1) is 16.0. The molecule has 3 amide bonds. The van der Waals surface area contributed by atoms with Crippen molar-refractivity contribution in [1.82, 2.24) is 20.4 Å². The quantitative estimate of drug-likeness (QED) is 0.692. The van der Waals surface area contributed by atoms with E-state index in [1.807, 2.05) is 4.90 Å². The predicted molar refractivity (Wildman–Crippen MR) is 79.0 cm³/mol. The summed E-state index contributed by atoms with van der Waals surface area (Å²) in [4.78, 5) is 27.5. The summed E-state index contributed by atoms with van der Waals surface area (Å²) in [5.74, 6) is 0.581. The van der Waals surface area contributed by atoms with Crippen LogP contribution in [0.25, 0.3) is 0 Å². The molecule has 1 atom stereocenters. The van der Waals surface area contributed by atoms with Crippen LogP contribution in [-0.2, 0) is 9.53 Å². The van der Waals surface area contributed by atoms with Gasteiger partial charge in [-0.1, -0.05) is 0 Å². The van der Waals surface area contributed by atoms with E-state index in [1.165, 1.54) is 19.9 Å². The van der Waals surface area contributed by atoms with E-state index in [0.717, 1.165) is 19.6 Å². The second-order valence-corrected chi connectivity index (χ2v) is 5.93. The summed E-state index contributed by atoms with van der Waals surface area (Å²) < 4.78 is 5.74. The summed E-state index contributed by atoms with van der Waals surface area (Å²) >= 11 is 0. The third-order valence-corrected chi connectivity index (χ3v) is 3.92. The maximum absolute atomic E-state index is 12.3. The highest BCUT2D eigenvalue weighted by Crippen LogP contribution is 2.29. The number of amides is 3. The zero-order chi connectivity index (χ0) is 15.2. The van der Waals surface area contributed by atoms with Crippen molar-refractivity contribution in [2.45, 2.75) is 18.9 Å². The van der Waals surface area contributed by atoms with Gasteiger partial charge in [-0.3, -0.25) is 4.79 Å². The van der Waals surface area contributed by atoms with Crippen LogP contribution in [0.2, 0.25) is 0 Å². The van der Waals surface area contributed by atoms with Gasteiger partial charge in [0.2, 0.25) is 5.91 Å². The number of hydrogen-bond acceptors (Lipinski definition) is 4. The minimum Gasteiger partial charge on any atom is -0.374 e. The minimum absolute atomic E-state index is 0.0367. The van der Waals surface area contributed by atoms with Gasteiger partial charge in [-0.05, 0) is 25.8 Å². The van der Waals surface area contributed by atoms with Crippen LogP contribution in [0.15, 0.2) is 0 Å². The summed E-state index contributed by atoms with van der Waals surface area (Å²) in [6.45, 7) is 3.91. The number of ether oxygens (including phenoxy) is 1. The van der Waals surface area contributed by atoms with E-state index in [-0.39, 0.29) is 24.6 Å². The smallest absolute Gasteiger partial charge is 0.314 e. The lowest BCUT2D eigenvalue weighted by atomic mass is 10.2. The van der Waals surface area contributed by atoms with Gasteiger partial charge in [0, 0.05) is 33.2 Å². The Bertz CT molecular complexity index is 373. The Hall–Kier alpha value is -1.34. The normalized spacial score (nSPS) is 22.7. The molecule has 21 heavy (non-hydrogen) atoms. The van der Waals surface area contributed by atoms with Gasteiger partial charge in [0.05, 0.1) is 19.3 Å². The number of morpholine rings is 1. The molecule has 1 aliphatic heterocycles. The Morgan fingerprint density at radius 1 is 1.33 bits per heavy atom. The minimum atomic E-state index is -0.330. The largest absolute Gasteiger partial charge is 0.374 e. The highest BCUT2D eigenvalue weighted by atomic mass is 16.5. The van der Waals surface area contributed by atoms with Crippen LogP contribution in [0.1, 0.15) is 12.8 Å². The first-order chi connectivity index (χ1) is 10.1. The monoisotopic (exact) mass is 298 g/mol. The first-order valence-corrected chi connectivity index (χ1v) is 7.62. The van der Waals surface area contributed by atoms with Crippen molar-refractivity contribution in [2.24, 2.45) is 5.92 Å². The number of urea groups is 1. The summed E-state index contributed by atoms with van der Waals surface area (Å²) in [6.07, 6.45) is 2.45. The van der Waals surface area contributed by atoms with Gasteiger partial charge >= 0.3 is 6.03 Å². The standard InChI is InChI=1S/C14H26N4O3/c1-15-14(20)16-7-13(19)18(8-11-3-4-11)10-12-9-17(2)5-6-21-12/h11-12H,3-10H2,1-2H3,(H2,15,16,20)/t12-/m0/s1. The number of carbonyl (C=O) groups is 2. The first-order valence-electron chi connectivity index (χ1n) is 7.62. The number of likely N-dealkylation sites (N-methyl/N-ethyl adjacent to an activating group) is 1. The van der Waals surface area contributed by atoms with E-state index in [4.69, 9.17) is 4.74 Å². The van der Waals surface area contributed by atoms with E-state index in [2.05, 4.69) is 22.6 Å². The summed E-state index contributed by atoms with van der Waals surface area (Å²) in [6, 6.07) is -0.330. The molecule has 1 heterocycles. The number of hydrogen-bond donors (Lipinski definition) is 2. The third kappa shape index (κ3) is 5.51. The maximum atomic E-state index is 12.3. The van der Waals surface area contributed by atoms with Crippen LogP contribution in [-0.4, -0.2) is 81.3 Å². The molecule has 0 spiro atoms. The molecule has 0 radical (unpaired) electrons. The predicted octanol–water partition coefficient (Wildman–Crippen LogP) is -0.515. The Labute approximate surface area is 126 Å². The van der Waals surface area contributed by atoms with Crippen LogP contribution >= 0.6 is 0 Å². The maximum Gasteiger partial charge on any atom is 0.314 e. The molecule has 0 aromatic heterocycles. The van der Waals surface area contributed by atoms with E-state index >= 15 is 0 Å². The molecule has 7 heteroatoms. The fraction of sp³-hybridized carbons (Fsp3) is 0.857. The molecule has 1 saturated carbocycles. The van der Waals surface area contributed by atoms with Gasteiger partial charge in [-0.15, -0.1) is 0 Å². The summed E-state index contributed by atoms with van der Waals surface area (Å²) in [7, 11) is 3.60. The summed E-state index contributed by atoms with van der Waals surface area (Å²) in [5, 5.41) is 5.01. The van der Waals surface area contributed by atoms with Crippen molar-refractivity contribution >= 4 is 11.9 Å². The number of nitrogens with zero attached hydrogens (tertiary/aromatic N) is 2. The van der Waals surface area contributed by atoms with Crippen LogP contribution < -0.4 is 10.6 Å². The topological polar surface area (TPSA) is 73.9 Å². The molecule has 7 nitrogen and oxygen atoms in total.